The Labute approximate surface area is 76.2 Å². The van der Waals surface area contributed by atoms with Crippen molar-refractivity contribution in [3.05, 3.63) is 27.9 Å². The van der Waals surface area contributed by atoms with Crippen molar-refractivity contribution in [2.75, 3.05) is 6.54 Å². The van der Waals surface area contributed by atoms with E-state index in [2.05, 4.69) is 9.97 Å². The van der Waals surface area contributed by atoms with Gasteiger partial charge in [0.25, 0.3) is 0 Å². The van der Waals surface area contributed by atoms with Gasteiger partial charge in [-0.05, 0) is 24.8 Å². The molecule has 0 spiro atoms. The fourth-order valence-electron chi connectivity index (χ4n) is 1.92. The van der Waals surface area contributed by atoms with E-state index in [1.165, 1.54) is 0 Å². The van der Waals surface area contributed by atoms with Crippen LogP contribution in [0.4, 0.5) is 0 Å². The predicted molar refractivity (Wildman–Crippen MR) is 49.6 cm³/mol. The highest BCUT2D eigenvalue weighted by Crippen LogP contribution is 2.27. The molecule has 0 amide bonds. The summed E-state index contributed by atoms with van der Waals surface area (Å²) in [5.74, 6) is 0.319. The molecule has 1 atom stereocenters. The van der Waals surface area contributed by atoms with E-state index in [1.54, 1.807) is 6.20 Å². The number of hydrogen-bond acceptors (Lipinski definition) is 3. The van der Waals surface area contributed by atoms with Crippen molar-refractivity contribution < 1.29 is 0 Å². The lowest BCUT2D eigenvalue weighted by molar-refractivity contribution is 0.539. The van der Waals surface area contributed by atoms with Crippen molar-refractivity contribution in [1.29, 1.82) is 0 Å². The van der Waals surface area contributed by atoms with Crippen molar-refractivity contribution in [3.8, 4) is 0 Å². The van der Waals surface area contributed by atoms with Crippen LogP contribution in [-0.2, 0) is 6.42 Å². The third-order valence-corrected chi connectivity index (χ3v) is 2.62. The maximum absolute atomic E-state index is 11.0. The lowest BCUT2D eigenvalue weighted by Gasteiger charge is -2.22. The van der Waals surface area contributed by atoms with Gasteiger partial charge in [0.15, 0.2) is 0 Å². The zero-order chi connectivity index (χ0) is 9.26. The van der Waals surface area contributed by atoms with E-state index in [4.69, 9.17) is 5.73 Å². The highest BCUT2D eigenvalue weighted by atomic mass is 16.1. The summed E-state index contributed by atoms with van der Waals surface area (Å²) >= 11 is 0. The van der Waals surface area contributed by atoms with Gasteiger partial charge in [-0.2, -0.15) is 0 Å². The Kier molecular flexibility index (Phi) is 2.14. The molecule has 0 aliphatic heterocycles. The van der Waals surface area contributed by atoms with Crippen molar-refractivity contribution >= 4 is 0 Å². The van der Waals surface area contributed by atoms with E-state index in [1.807, 2.05) is 0 Å². The number of nitrogens with one attached hydrogen (secondary N) is 1. The van der Waals surface area contributed by atoms with Gasteiger partial charge in [0.2, 0.25) is 0 Å². The van der Waals surface area contributed by atoms with Crippen LogP contribution >= 0.6 is 0 Å². The van der Waals surface area contributed by atoms with Crippen LogP contribution in [0, 0.1) is 0 Å². The quantitative estimate of drug-likeness (QED) is 0.644. The van der Waals surface area contributed by atoms with Gasteiger partial charge in [-0.25, -0.2) is 9.78 Å². The molecule has 2 rings (SSSR count). The molecule has 0 saturated heterocycles. The summed E-state index contributed by atoms with van der Waals surface area (Å²) in [4.78, 5) is 17.5. The summed E-state index contributed by atoms with van der Waals surface area (Å²) in [6.07, 6.45) is 4.90. The lowest BCUT2D eigenvalue weighted by Crippen LogP contribution is -2.24. The van der Waals surface area contributed by atoms with Crippen LogP contribution in [-0.4, -0.2) is 16.5 Å². The molecule has 1 aromatic heterocycles. The van der Waals surface area contributed by atoms with Crippen LogP contribution in [0.5, 0.6) is 0 Å². The van der Waals surface area contributed by atoms with Gasteiger partial charge in [-0.1, -0.05) is 0 Å². The molecular weight excluding hydrogens is 166 g/mol. The Morgan fingerprint density at radius 3 is 3.31 bits per heavy atom. The number of nitrogens with zero attached hydrogens (tertiary/aromatic N) is 1. The highest BCUT2D eigenvalue weighted by Gasteiger charge is 2.19. The molecule has 1 heterocycles. The van der Waals surface area contributed by atoms with E-state index in [9.17, 15) is 4.79 Å². The Hall–Kier alpha value is -1.16. The Bertz CT molecular complexity index is 358. The first-order chi connectivity index (χ1) is 6.31. The molecule has 70 valence electrons. The molecule has 1 aromatic rings. The van der Waals surface area contributed by atoms with Crippen LogP contribution in [0.25, 0.3) is 0 Å². The average molecular weight is 179 g/mol. The van der Waals surface area contributed by atoms with E-state index in [-0.39, 0.29) is 5.69 Å². The summed E-state index contributed by atoms with van der Waals surface area (Å²) in [5, 5.41) is 0. The molecular formula is C9H13N3O. The second-order valence-electron chi connectivity index (χ2n) is 3.45. The molecule has 0 aromatic carbocycles. The van der Waals surface area contributed by atoms with Gasteiger partial charge in [0.05, 0.1) is 0 Å². The van der Waals surface area contributed by atoms with Crippen molar-refractivity contribution in [1.82, 2.24) is 9.97 Å². The normalized spacial score (nSPS) is 21.2. The monoisotopic (exact) mass is 179 g/mol. The zero-order valence-electron chi connectivity index (χ0n) is 7.42. The molecule has 0 bridgehead atoms. The minimum absolute atomic E-state index is 0.265. The third kappa shape index (κ3) is 1.49. The molecule has 13 heavy (non-hydrogen) atoms. The Morgan fingerprint density at radius 1 is 1.69 bits per heavy atom. The van der Waals surface area contributed by atoms with Crippen LogP contribution in [0.1, 0.15) is 30.0 Å². The number of H-pyrrole nitrogens is 1. The fraction of sp³-hybridized carbons (Fsp3) is 0.556. The summed E-state index contributed by atoms with van der Waals surface area (Å²) in [6.45, 7) is 0.604. The van der Waals surface area contributed by atoms with Crippen molar-refractivity contribution in [2.45, 2.75) is 25.2 Å². The van der Waals surface area contributed by atoms with Crippen molar-refractivity contribution in [2.24, 2.45) is 5.73 Å². The Morgan fingerprint density at radius 2 is 2.54 bits per heavy atom. The van der Waals surface area contributed by atoms with E-state index < -0.39 is 0 Å². The highest BCUT2D eigenvalue weighted by molar-refractivity contribution is 5.23. The first-order valence-corrected chi connectivity index (χ1v) is 4.59. The minimum atomic E-state index is -0.265. The van der Waals surface area contributed by atoms with E-state index in [0.717, 1.165) is 30.5 Å². The second-order valence-corrected chi connectivity index (χ2v) is 3.45. The first-order valence-electron chi connectivity index (χ1n) is 4.59. The number of fused-ring (bicyclic) bond motifs is 1. The number of hydrogen-bond donors (Lipinski definition) is 2. The summed E-state index contributed by atoms with van der Waals surface area (Å²) in [6, 6.07) is 0. The van der Waals surface area contributed by atoms with Crippen LogP contribution in [0.2, 0.25) is 0 Å². The van der Waals surface area contributed by atoms with Gasteiger partial charge in [-0.3, -0.25) is 0 Å². The fourth-order valence-corrected chi connectivity index (χ4v) is 1.92. The smallest absolute Gasteiger partial charge is 0.330 e. The third-order valence-electron chi connectivity index (χ3n) is 2.62. The first kappa shape index (κ1) is 8.44. The number of aryl methyl sites for hydroxylation is 1. The van der Waals surface area contributed by atoms with Gasteiger partial charge in [0, 0.05) is 24.4 Å². The molecule has 1 unspecified atom stereocenters. The maximum atomic E-state index is 11.0. The summed E-state index contributed by atoms with van der Waals surface area (Å²) in [5.41, 5.74) is 7.52. The van der Waals surface area contributed by atoms with Gasteiger partial charge in [0.1, 0.15) is 0 Å². The second kappa shape index (κ2) is 3.30. The topological polar surface area (TPSA) is 71.8 Å². The summed E-state index contributed by atoms with van der Waals surface area (Å²) in [7, 11) is 0. The minimum Gasteiger partial charge on any atom is -0.330 e. The molecule has 4 heteroatoms. The maximum Gasteiger partial charge on any atom is 0.345 e. The zero-order valence-corrected chi connectivity index (χ0v) is 7.42. The average Bonchev–Trinajstić information content (AvgIpc) is 2.17. The van der Waals surface area contributed by atoms with Crippen LogP contribution < -0.4 is 11.4 Å². The van der Waals surface area contributed by atoms with Gasteiger partial charge in [-0.15, -0.1) is 0 Å². The van der Waals surface area contributed by atoms with E-state index >= 15 is 0 Å². The molecule has 3 N–H and O–H groups in total. The molecule has 0 fully saturated rings. The van der Waals surface area contributed by atoms with Crippen LogP contribution in [0.15, 0.2) is 11.0 Å². The molecule has 1 aliphatic carbocycles. The van der Waals surface area contributed by atoms with Crippen LogP contribution in [0.3, 0.4) is 0 Å². The SMILES string of the molecule is NCC1CCCc2cnc(=O)[nH]c21. The van der Waals surface area contributed by atoms with Crippen molar-refractivity contribution in [3.63, 3.8) is 0 Å². The molecule has 0 saturated carbocycles. The number of aromatic nitrogens is 2. The standard InChI is InChI=1S/C9H13N3O/c10-4-6-2-1-3-7-5-11-9(13)12-8(6)7/h5-6H,1-4,10H2,(H,11,12,13). The van der Waals surface area contributed by atoms with Gasteiger partial charge < -0.3 is 10.7 Å². The largest absolute Gasteiger partial charge is 0.345 e. The molecule has 0 radical (unpaired) electrons. The number of aromatic amines is 1. The van der Waals surface area contributed by atoms with Gasteiger partial charge >= 0.3 is 5.69 Å². The lowest BCUT2D eigenvalue weighted by atomic mass is 9.87. The summed E-state index contributed by atoms with van der Waals surface area (Å²) < 4.78 is 0. The van der Waals surface area contributed by atoms with E-state index in [0.29, 0.717) is 12.5 Å². The molecule has 4 nitrogen and oxygen atoms in total. The predicted octanol–water partition coefficient (Wildman–Crippen LogP) is 0.148. The number of rotatable bonds is 1. The molecule has 1 aliphatic rings. The Balaban J connectivity index is 2.47. The number of nitrogens with two attached hydrogens (primary N) is 1.